The smallest absolute Gasteiger partial charge is 0.0769 e. The zero-order valence-corrected chi connectivity index (χ0v) is 18.8. The Morgan fingerprint density at radius 1 is 0.633 bits per heavy atom. The quantitative estimate of drug-likeness (QED) is 0.247. The maximum absolute atomic E-state index is 4.68. The van der Waals surface area contributed by atoms with E-state index in [1.54, 1.807) is 0 Å². The second-order valence-electron chi connectivity index (χ2n) is 7.51. The lowest BCUT2D eigenvalue weighted by Gasteiger charge is -2.05. The second kappa shape index (κ2) is 9.39. The van der Waals surface area contributed by atoms with Gasteiger partial charge in [-0.15, -0.1) is 0 Å². The van der Waals surface area contributed by atoms with Gasteiger partial charge in [0.05, 0.1) is 10.8 Å². The summed E-state index contributed by atoms with van der Waals surface area (Å²) in [5.74, 6) is 13.2. The molecule has 0 aliphatic heterocycles. The molecule has 0 saturated carbocycles. The van der Waals surface area contributed by atoms with Crippen molar-refractivity contribution < 1.29 is 0 Å². The van der Waals surface area contributed by atoms with Crippen LogP contribution in [0.5, 0.6) is 0 Å². The van der Waals surface area contributed by atoms with Crippen molar-refractivity contribution in [3.05, 3.63) is 98.6 Å². The lowest BCUT2D eigenvalue weighted by Crippen LogP contribution is -1.90. The Kier molecular flexibility index (Phi) is 6.66. The Morgan fingerprint density at radius 3 is 1.83 bits per heavy atom. The molecule has 0 N–H and O–H groups in total. The van der Waals surface area contributed by atoms with Gasteiger partial charge in [-0.05, 0) is 105 Å². The van der Waals surface area contributed by atoms with Gasteiger partial charge < -0.3 is 0 Å². The van der Waals surface area contributed by atoms with Crippen molar-refractivity contribution in [1.82, 2.24) is 0 Å². The number of hydrogen-bond donors (Lipinski definition) is 0. The second-order valence-corrected chi connectivity index (χ2v) is 7.69. The molecule has 0 aromatic heterocycles. The fraction of sp³-hybridized carbons (Fsp3) is 0.179. The van der Waals surface area contributed by atoms with Crippen LogP contribution in [0.4, 0.5) is 5.69 Å². The van der Waals surface area contributed by atoms with Crippen LogP contribution in [-0.2, 0) is 0 Å². The van der Waals surface area contributed by atoms with Gasteiger partial charge in [-0.2, -0.15) is 4.99 Å². The number of benzene rings is 3. The number of hydrogen-bond acceptors (Lipinski definition) is 2. The van der Waals surface area contributed by atoms with Gasteiger partial charge in [-0.3, -0.25) is 0 Å². The largest absolute Gasteiger partial charge is 0.194 e. The van der Waals surface area contributed by atoms with E-state index < -0.39 is 0 Å². The molecule has 3 aromatic carbocycles. The highest BCUT2D eigenvalue weighted by Crippen LogP contribution is 2.19. The summed E-state index contributed by atoms with van der Waals surface area (Å²) in [6.07, 6.45) is 0. The van der Waals surface area contributed by atoms with Gasteiger partial charge >= 0.3 is 0 Å². The van der Waals surface area contributed by atoms with Gasteiger partial charge in [-0.25, -0.2) is 0 Å². The van der Waals surface area contributed by atoms with E-state index in [0.29, 0.717) is 0 Å². The van der Waals surface area contributed by atoms with Crippen molar-refractivity contribution in [3.63, 3.8) is 0 Å². The molecule has 30 heavy (non-hydrogen) atoms. The molecule has 1 nitrogen and oxygen atoms in total. The molecule has 0 amide bonds. The van der Waals surface area contributed by atoms with E-state index in [0.717, 1.165) is 39.1 Å². The summed E-state index contributed by atoms with van der Waals surface area (Å²) < 4.78 is 0. The van der Waals surface area contributed by atoms with Crippen LogP contribution in [0.1, 0.15) is 50.1 Å². The molecule has 0 aliphatic rings. The highest BCUT2D eigenvalue weighted by molar-refractivity contribution is 7.78. The van der Waals surface area contributed by atoms with Crippen LogP contribution in [0.15, 0.2) is 53.5 Å². The molecular weight excluding hydrogens is 382 g/mol. The summed E-state index contributed by atoms with van der Waals surface area (Å²) in [7, 11) is 0. The molecular formula is C28H23NS. The number of nitrogens with zero attached hydrogens (tertiary/aromatic N) is 1. The molecule has 2 heteroatoms. The van der Waals surface area contributed by atoms with E-state index in [1.165, 1.54) is 16.7 Å². The first-order chi connectivity index (χ1) is 14.4. The predicted octanol–water partition coefficient (Wildman–Crippen LogP) is 6.76. The highest BCUT2D eigenvalue weighted by atomic mass is 32.1. The number of aliphatic imine (C=N–C) groups is 1. The van der Waals surface area contributed by atoms with Crippen molar-refractivity contribution in [2.45, 2.75) is 34.6 Å². The van der Waals surface area contributed by atoms with Crippen LogP contribution in [0, 0.1) is 58.3 Å². The lowest BCUT2D eigenvalue weighted by atomic mass is 9.99. The molecule has 0 radical (unpaired) electrons. The van der Waals surface area contributed by atoms with E-state index in [9.17, 15) is 0 Å². The summed E-state index contributed by atoms with van der Waals surface area (Å²) in [6.45, 7) is 10.4. The van der Waals surface area contributed by atoms with Gasteiger partial charge in [0, 0.05) is 22.3 Å². The standard InChI is InChI=1S/C28H23NS/c1-19-14-21(3)27(22(4)15-19)12-8-24-6-10-26(20(2)16-24)11-7-25-9-13-28(29-18-30)23(5)17-25/h6,9-10,13-17H,1-5H3. The van der Waals surface area contributed by atoms with Crippen LogP contribution < -0.4 is 0 Å². The molecule has 146 valence electrons. The average Bonchev–Trinajstić information content (AvgIpc) is 2.68. The number of rotatable bonds is 1. The van der Waals surface area contributed by atoms with Gasteiger partial charge in [-0.1, -0.05) is 41.4 Å². The maximum atomic E-state index is 4.68. The lowest BCUT2D eigenvalue weighted by molar-refractivity contribution is 1.30. The van der Waals surface area contributed by atoms with Crippen LogP contribution in [0.2, 0.25) is 0 Å². The van der Waals surface area contributed by atoms with Crippen molar-refractivity contribution in [3.8, 4) is 23.7 Å². The number of isothiocyanates is 1. The van der Waals surface area contributed by atoms with Crippen molar-refractivity contribution in [2.24, 2.45) is 4.99 Å². The molecule has 0 fully saturated rings. The Hall–Kier alpha value is -3.42. The highest BCUT2D eigenvalue weighted by Gasteiger charge is 2.01. The third kappa shape index (κ3) is 5.14. The van der Waals surface area contributed by atoms with Crippen molar-refractivity contribution in [1.29, 1.82) is 0 Å². The summed E-state index contributed by atoms with van der Waals surface area (Å²) in [5.41, 5.74) is 10.7. The number of aryl methyl sites for hydroxylation is 5. The fourth-order valence-corrected chi connectivity index (χ4v) is 3.54. The minimum Gasteiger partial charge on any atom is -0.194 e. The SMILES string of the molecule is Cc1cc(C)c(C#Cc2ccc(C#Cc3ccc(N=C=S)c(C)c3)c(C)c2)c(C)c1. The van der Waals surface area contributed by atoms with Crippen LogP contribution in [0.25, 0.3) is 0 Å². The Labute approximate surface area is 184 Å². The summed E-state index contributed by atoms with van der Waals surface area (Å²) in [5, 5.41) is 2.41. The molecule has 0 spiro atoms. The van der Waals surface area contributed by atoms with Crippen molar-refractivity contribution in [2.75, 3.05) is 0 Å². The van der Waals surface area contributed by atoms with E-state index in [-0.39, 0.29) is 0 Å². The van der Waals surface area contributed by atoms with Crippen LogP contribution >= 0.6 is 12.2 Å². The minimum absolute atomic E-state index is 0.828. The summed E-state index contributed by atoms with van der Waals surface area (Å²) in [4.78, 5) is 4.05. The normalized spacial score (nSPS) is 9.63. The van der Waals surface area contributed by atoms with Crippen LogP contribution in [0.3, 0.4) is 0 Å². The topological polar surface area (TPSA) is 12.4 Å². The summed E-state index contributed by atoms with van der Waals surface area (Å²) >= 11 is 4.68. The monoisotopic (exact) mass is 405 g/mol. The van der Waals surface area contributed by atoms with E-state index >= 15 is 0 Å². The first-order valence-electron chi connectivity index (χ1n) is 9.78. The first kappa shape index (κ1) is 21.3. The summed E-state index contributed by atoms with van der Waals surface area (Å²) in [6, 6.07) is 16.4. The molecule has 0 heterocycles. The van der Waals surface area contributed by atoms with Gasteiger partial charge in [0.1, 0.15) is 0 Å². The zero-order valence-electron chi connectivity index (χ0n) is 18.0. The molecule has 3 aromatic rings. The molecule has 0 saturated heterocycles. The third-order valence-electron chi connectivity index (χ3n) is 4.94. The average molecular weight is 406 g/mol. The van der Waals surface area contributed by atoms with Crippen LogP contribution in [-0.4, -0.2) is 5.16 Å². The minimum atomic E-state index is 0.828. The first-order valence-corrected chi connectivity index (χ1v) is 10.2. The molecule has 0 bridgehead atoms. The Bertz CT molecular complexity index is 1280. The van der Waals surface area contributed by atoms with E-state index in [1.807, 2.05) is 37.3 Å². The molecule has 3 rings (SSSR count). The predicted molar refractivity (Wildman–Crippen MR) is 130 cm³/mol. The molecule has 0 aliphatic carbocycles. The molecule has 0 atom stereocenters. The van der Waals surface area contributed by atoms with Gasteiger partial charge in [0.15, 0.2) is 0 Å². The fourth-order valence-electron chi connectivity index (χ4n) is 3.44. The Balaban J connectivity index is 1.85. The van der Waals surface area contributed by atoms with Gasteiger partial charge in [0.25, 0.3) is 0 Å². The third-order valence-corrected chi connectivity index (χ3v) is 5.03. The van der Waals surface area contributed by atoms with Gasteiger partial charge in [0.2, 0.25) is 0 Å². The zero-order chi connectivity index (χ0) is 21.7. The van der Waals surface area contributed by atoms with Crippen molar-refractivity contribution >= 4 is 23.1 Å². The molecule has 0 unspecified atom stereocenters. The maximum Gasteiger partial charge on any atom is 0.0769 e. The Morgan fingerprint density at radius 2 is 1.23 bits per heavy atom. The number of thiocarbonyl (C=S) groups is 1. The van der Waals surface area contributed by atoms with E-state index in [2.05, 4.69) is 91.9 Å². The van der Waals surface area contributed by atoms with E-state index in [4.69, 9.17) is 0 Å².